The van der Waals surface area contributed by atoms with Gasteiger partial charge >= 0.3 is 0 Å². The molecule has 0 aromatic rings. The van der Waals surface area contributed by atoms with Gasteiger partial charge in [-0.1, -0.05) is 6.92 Å². The highest BCUT2D eigenvalue weighted by molar-refractivity contribution is 8.00. The van der Waals surface area contributed by atoms with E-state index in [2.05, 4.69) is 17.1 Å². The lowest BCUT2D eigenvalue weighted by Crippen LogP contribution is -2.40. The number of thioether (sulfide) groups is 1. The van der Waals surface area contributed by atoms with Gasteiger partial charge < -0.3 is 10.2 Å². The summed E-state index contributed by atoms with van der Waals surface area (Å²) < 4.78 is 0. The van der Waals surface area contributed by atoms with Crippen molar-refractivity contribution in [1.29, 1.82) is 0 Å². The standard InChI is InChI=1S/C11H20N2OS/c1-2-12-10-5-6-13(11(10)14)8-9-4-3-7-15-9/h9-10,12H,2-8H2,1H3. The third kappa shape index (κ3) is 2.67. The summed E-state index contributed by atoms with van der Waals surface area (Å²) >= 11 is 2.03. The van der Waals surface area contributed by atoms with Gasteiger partial charge in [0.25, 0.3) is 0 Å². The van der Waals surface area contributed by atoms with Gasteiger partial charge in [-0.15, -0.1) is 0 Å². The number of likely N-dealkylation sites (N-methyl/N-ethyl adjacent to an activating group) is 1. The maximum absolute atomic E-state index is 11.9. The van der Waals surface area contributed by atoms with E-state index in [4.69, 9.17) is 0 Å². The maximum atomic E-state index is 11.9. The Kier molecular flexibility index (Phi) is 3.92. The van der Waals surface area contributed by atoms with Crippen molar-refractivity contribution < 1.29 is 4.79 Å². The summed E-state index contributed by atoms with van der Waals surface area (Å²) in [5.74, 6) is 1.60. The Balaban J connectivity index is 1.81. The number of likely N-dealkylation sites (tertiary alicyclic amines) is 1. The van der Waals surface area contributed by atoms with Crippen LogP contribution >= 0.6 is 11.8 Å². The van der Waals surface area contributed by atoms with Crippen molar-refractivity contribution >= 4 is 17.7 Å². The summed E-state index contributed by atoms with van der Waals surface area (Å²) in [5, 5.41) is 3.95. The van der Waals surface area contributed by atoms with Gasteiger partial charge in [-0.05, 0) is 31.6 Å². The molecule has 2 fully saturated rings. The molecule has 2 saturated heterocycles. The van der Waals surface area contributed by atoms with Crippen molar-refractivity contribution in [3.8, 4) is 0 Å². The molecule has 2 aliphatic rings. The van der Waals surface area contributed by atoms with Crippen LogP contribution in [0.15, 0.2) is 0 Å². The van der Waals surface area contributed by atoms with E-state index in [-0.39, 0.29) is 6.04 Å². The third-order valence-electron chi connectivity index (χ3n) is 3.20. The van der Waals surface area contributed by atoms with E-state index in [0.717, 1.165) is 26.1 Å². The van der Waals surface area contributed by atoms with Gasteiger partial charge in [-0.25, -0.2) is 0 Å². The summed E-state index contributed by atoms with van der Waals surface area (Å²) in [6, 6.07) is 0.0985. The van der Waals surface area contributed by atoms with Gasteiger partial charge in [-0.2, -0.15) is 11.8 Å². The predicted molar refractivity (Wildman–Crippen MR) is 64.1 cm³/mol. The molecule has 1 amide bonds. The Morgan fingerprint density at radius 3 is 3.07 bits per heavy atom. The molecule has 86 valence electrons. The summed E-state index contributed by atoms with van der Waals surface area (Å²) in [4.78, 5) is 14.0. The zero-order valence-corrected chi connectivity index (χ0v) is 10.2. The summed E-state index contributed by atoms with van der Waals surface area (Å²) in [5.41, 5.74) is 0. The first-order valence-electron chi connectivity index (χ1n) is 5.95. The number of hydrogen-bond donors (Lipinski definition) is 1. The highest BCUT2D eigenvalue weighted by Gasteiger charge is 2.32. The van der Waals surface area contributed by atoms with E-state index in [1.165, 1.54) is 18.6 Å². The molecular formula is C11H20N2OS. The molecule has 3 nitrogen and oxygen atoms in total. The van der Waals surface area contributed by atoms with Crippen LogP contribution in [0.1, 0.15) is 26.2 Å². The fraction of sp³-hybridized carbons (Fsp3) is 0.909. The number of rotatable bonds is 4. The van der Waals surface area contributed by atoms with Crippen molar-refractivity contribution in [1.82, 2.24) is 10.2 Å². The first-order valence-corrected chi connectivity index (χ1v) is 7.00. The highest BCUT2D eigenvalue weighted by atomic mass is 32.2. The molecule has 4 heteroatoms. The van der Waals surface area contributed by atoms with Crippen LogP contribution in [0.4, 0.5) is 0 Å². The van der Waals surface area contributed by atoms with Crippen LogP contribution in [0.2, 0.25) is 0 Å². The Labute approximate surface area is 96.0 Å². The number of carbonyl (C=O) groups is 1. The number of amides is 1. The van der Waals surface area contributed by atoms with E-state index in [1.54, 1.807) is 0 Å². The lowest BCUT2D eigenvalue weighted by Gasteiger charge is -2.20. The topological polar surface area (TPSA) is 32.3 Å². The van der Waals surface area contributed by atoms with Gasteiger partial charge in [0.2, 0.25) is 5.91 Å². The quantitative estimate of drug-likeness (QED) is 0.782. The van der Waals surface area contributed by atoms with Gasteiger partial charge in [-0.3, -0.25) is 4.79 Å². The molecule has 0 saturated carbocycles. The zero-order chi connectivity index (χ0) is 10.7. The van der Waals surface area contributed by atoms with E-state index >= 15 is 0 Å². The van der Waals surface area contributed by atoms with Crippen LogP contribution in [-0.2, 0) is 4.79 Å². The van der Waals surface area contributed by atoms with Crippen molar-refractivity contribution in [3.05, 3.63) is 0 Å². The number of hydrogen-bond acceptors (Lipinski definition) is 3. The van der Waals surface area contributed by atoms with Crippen LogP contribution in [0.25, 0.3) is 0 Å². The second kappa shape index (κ2) is 5.21. The van der Waals surface area contributed by atoms with Crippen LogP contribution in [-0.4, -0.2) is 47.5 Å². The number of nitrogens with zero attached hydrogens (tertiary/aromatic N) is 1. The highest BCUT2D eigenvalue weighted by Crippen LogP contribution is 2.27. The van der Waals surface area contributed by atoms with Gasteiger partial charge in [0.05, 0.1) is 6.04 Å². The van der Waals surface area contributed by atoms with E-state index in [9.17, 15) is 4.79 Å². The maximum Gasteiger partial charge on any atom is 0.239 e. The first kappa shape index (κ1) is 11.3. The average molecular weight is 228 g/mol. The van der Waals surface area contributed by atoms with E-state index in [0.29, 0.717) is 11.2 Å². The SMILES string of the molecule is CCNC1CCN(CC2CCCS2)C1=O. The molecule has 0 bridgehead atoms. The zero-order valence-electron chi connectivity index (χ0n) is 9.37. The minimum Gasteiger partial charge on any atom is -0.340 e. The molecule has 1 N–H and O–H groups in total. The monoisotopic (exact) mass is 228 g/mol. The number of nitrogens with one attached hydrogen (secondary N) is 1. The molecule has 0 aromatic heterocycles. The fourth-order valence-corrected chi connectivity index (χ4v) is 3.68. The number of carbonyl (C=O) groups excluding carboxylic acids is 1. The summed E-state index contributed by atoms with van der Waals surface area (Å²) in [6.07, 6.45) is 3.61. The van der Waals surface area contributed by atoms with Crippen LogP contribution in [0.5, 0.6) is 0 Å². The molecular weight excluding hydrogens is 208 g/mol. The second-order valence-electron chi connectivity index (χ2n) is 4.32. The minimum absolute atomic E-state index is 0.0985. The van der Waals surface area contributed by atoms with Gasteiger partial charge in [0.1, 0.15) is 0 Å². The summed E-state index contributed by atoms with van der Waals surface area (Å²) in [6.45, 7) is 4.88. The van der Waals surface area contributed by atoms with E-state index in [1.807, 2.05) is 11.8 Å². The van der Waals surface area contributed by atoms with Crippen LogP contribution < -0.4 is 5.32 Å². The second-order valence-corrected chi connectivity index (χ2v) is 5.73. The lowest BCUT2D eigenvalue weighted by molar-refractivity contribution is -0.129. The first-order chi connectivity index (χ1) is 7.31. The molecule has 15 heavy (non-hydrogen) atoms. The van der Waals surface area contributed by atoms with Crippen LogP contribution in [0.3, 0.4) is 0 Å². The predicted octanol–water partition coefficient (Wildman–Crippen LogP) is 1.09. The molecule has 2 atom stereocenters. The van der Waals surface area contributed by atoms with Crippen molar-refractivity contribution in [3.63, 3.8) is 0 Å². The average Bonchev–Trinajstić information content (AvgIpc) is 2.83. The molecule has 0 spiro atoms. The normalized spacial score (nSPS) is 31.5. The molecule has 0 radical (unpaired) electrons. The van der Waals surface area contributed by atoms with Crippen molar-refractivity contribution in [2.45, 2.75) is 37.5 Å². The van der Waals surface area contributed by atoms with Crippen molar-refractivity contribution in [2.24, 2.45) is 0 Å². The van der Waals surface area contributed by atoms with Gasteiger partial charge in [0.15, 0.2) is 0 Å². The lowest BCUT2D eigenvalue weighted by atomic mass is 10.2. The smallest absolute Gasteiger partial charge is 0.239 e. The van der Waals surface area contributed by atoms with Crippen LogP contribution in [0, 0.1) is 0 Å². The van der Waals surface area contributed by atoms with E-state index < -0.39 is 0 Å². The van der Waals surface area contributed by atoms with Crippen molar-refractivity contribution in [2.75, 3.05) is 25.4 Å². The molecule has 2 aliphatic heterocycles. The summed E-state index contributed by atoms with van der Waals surface area (Å²) in [7, 11) is 0. The minimum atomic E-state index is 0.0985. The molecule has 2 unspecified atom stereocenters. The largest absolute Gasteiger partial charge is 0.340 e. The fourth-order valence-electron chi connectivity index (χ4n) is 2.39. The molecule has 2 rings (SSSR count). The Hall–Kier alpha value is -0.220. The molecule has 0 aromatic carbocycles. The Morgan fingerprint density at radius 1 is 1.53 bits per heavy atom. The Morgan fingerprint density at radius 2 is 2.40 bits per heavy atom. The van der Waals surface area contributed by atoms with Gasteiger partial charge in [0, 0.05) is 18.3 Å². The third-order valence-corrected chi connectivity index (χ3v) is 4.58. The molecule has 0 aliphatic carbocycles. The Bertz CT molecular complexity index is 229. The molecule has 2 heterocycles.